The quantitative estimate of drug-likeness (QED) is 0.162. The Bertz CT molecular complexity index is 1840. The molecular formula is C34H35Cl2FN6O4. The molecule has 2 aliphatic heterocycles. The van der Waals surface area contributed by atoms with Crippen molar-refractivity contribution in [1.82, 2.24) is 31.2 Å². The summed E-state index contributed by atoms with van der Waals surface area (Å²) in [4.78, 5) is 32.4. The maximum absolute atomic E-state index is 15.5. The van der Waals surface area contributed by atoms with Gasteiger partial charge < -0.3 is 30.7 Å². The average Bonchev–Trinajstić information content (AvgIpc) is 3.68. The van der Waals surface area contributed by atoms with Crippen LogP contribution in [0.15, 0.2) is 42.5 Å². The lowest BCUT2D eigenvalue weighted by Crippen LogP contribution is -2.35. The Labute approximate surface area is 281 Å². The van der Waals surface area contributed by atoms with Crippen LogP contribution < -0.4 is 30.7 Å². The molecular weight excluding hydrogens is 646 g/mol. The highest BCUT2D eigenvalue weighted by Crippen LogP contribution is 2.40. The van der Waals surface area contributed by atoms with Crippen LogP contribution in [-0.4, -0.2) is 61.2 Å². The first-order valence-corrected chi connectivity index (χ1v) is 16.2. The summed E-state index contributed by atoms with van der Waals surface area (Å²) in [6.07, 6.45) is 2.60. The second-order valence-electron chi connectivity index (χ2n) is 11.7. The second kappa shape index (κ2) is 14.4. The lowest BCUT2D eigenvalue weighted by molar-refractivity contribution is -0.120. The van der Waals surface area contributed by atoms with E-state index in [1.165, 1.54) is 13.2 Å². The third-order valence-electron chi connectivity index (χ3n) is 8.51. The third-order valence-corrected chi connectivity index (χ3v) is 9.20. The number of amides is 2. The highest BCUT2D eigenvalue weighted by Gasteiger charge is 2.23. The minimum atomic E-state index is -0.489. The molecule has 13 heteroatoms. The molecule has 10 nitrogen and oxygen atoms in total. The highest BCUT2D eigenvalue weighted by atomic mass is 35.5. The number of methoxy groups -OCH3 is 2. The van der Waals surface area contributed by atoms with E-state index in [0.717, 1.165) is 23.8 Å². The number of hydrogen-bond donors (Lipinski definition) is 4. The van der Waals surface area contributed by atoms with E-state index in [2.05, 4.69) is 26.3 Å². The van der Waals surface area contributed by atoms with Gasteiger partial charge in [-0.1, -0.05) is 41.4 Å². The maximum Gasteiger partial charge on any atom is 0.221 e. The van der Waals surface area contributed by atoms with E-state index in [4.69, 9.17) is 37.7 Å². The molecule has 2 aliphatic rings. The summed E-state index contributed by atoms with van der Waals surface area (Å²) >= 11 is 13.7. The summed E-state index contributed by atoms with van der Waals surface area (Å²) in [7, 11) is 3.05. The van der Waals surface area contributed by atoms with Crippen molar-refractivity contribution >= 4 is 45.9 Å². The van der Waals surface area contributed by atoms with Crippen LogP contribution in [0.2, 0.25) is 10.0 Å². The number of aromatic nitrogens is 2. The Hall–Kier alpha value is -4.03. The van der Waals surface area contributed by atoms with Crippen molar-refractivity contribution in [2.45, 2.75) is 50.9 Å². The van der Waals surface area contributed by atoms with Crippen molar-refractivity contribution in [2.24, 2.45) is 0 Å². The van der Waals surface area contributed by atoms with E-state index in [1.54, 1.807) is 13.2 Å². The predicted molar refractivity (Wildman–Crippen MR) is 179 cm³/mol. The molecule has 0 spiro atoms. The highest BCUT2D eigenvalue weighted by molar-refractivity contribution is 6.36. The number of hydrogen-bond acceptors (Lipinski definition) is 8. The number of nitrogens with zero attached hydrogens (tertiary/aromatic N) is 2. The predicted octanol–water partition coefficient (Wildman–Crippen LogP) is 5.16. The van der Waals surface area contributed by atoms with Crippen molar-refractivity contribution < 1.29 is 23.5 Å². The molecule has 47 heavy (non-hydrogen) atoms. The van der Waals surface area contributed by atoms with Crippen LogP contribution in [0.5, 0.6) is 11.6 Å². The Balaban J connectivity index is 1.24. The fourth-order valence-corrected chi connectivity index (χ4v) is 6.73. The van der Waals surface area contributed by atoms with Gasteiger partial charge in [-0.25, -0.2) is 14.4 Å². The van der Waals surface area contributed by atoms with Gasteiger partial charge in [0.25, 0.3) is 0 Å². The molecule has 246 valence electrons. The zero-order valence-corrected chi connectivity index (χ0v) is 27.5. The molecule has 4 N–H and O–H groups in total. The van der Waals surface area contributed by atoms with Gasteiger partial charge in [0, 0.05) is 79.2 Å². The maximum atomic E-state index is 15.5. The van der Waals surface area contributed by atoms with Gasteiger partial charge in [0.2, 0.25) is 17.7 Å². The molecule has 4 aromatic rings. The molecule has 6 rings (SSSR count). The zero-order valence-electron chi connectivity index (χ0n) is 26.0. The minimum Gasteiger partial charge on any atom is -0.496 e. The number of ether oxygens (including phenoxy) is 2. The van der Waals surface area contributed by atoms with Crippen molar-refractivity contribution in [3.8, 4) is 34.1 Å². The zero-order chi connectivity index (χ0) is 33.1. The molecule has 2 fully saturated rings. The number of carbonyl (C=O) groups is 2. The van der Waals surface area contributed by atoms with Gasteiger partial charge in [-0.15, -0.1) is 0 Å². The number of benzene rings is 2. The molecule has 2 saturated heterocycles. The van der Waals surface area contributed by atoms with Gasteiger partial charge >= 0.3 is 0 Å². The summed E-state index contributed by atoms with van der Waals surface area (Å²) in [5.74, 6) is 0.412. The van der Waals surface area contributed by atoms with Gasteiger partial charge in [-0.2, -0.15) is 0 Å². The van der Waals surface area contributed by atoms with E-state index in [1.807, 2.05) is 30.3 Å². The molecule has 0 unspecified atom stereocenters. The van der Waals surface area contributed by atoms with E-state index < -0.39 is 5.82 Å². The van der Waals surface area contributed by atoms with Crippen molar-refractivity contribution in [3.63, 3.8) is 0 Å². The molecule has 2 aromatic carbocycles. The van der Waals surface area contributed by atoms with E-state index >= 15 is 4.39 Å². The van der Waals surface area contributed by atoms with Gasteiger partial charge in [-0.3, -0.25) is 9.59 Å². The number of halogens is 3. The molecule has 0 aliphatic carbocycles. The lowest BCUT2D eigenvalue weighted by Gasteiger charge is -2.17. The number of rotatable bonds is 12. The number of nitrogens with one attached hydrogen (secondary N) is 4. The second-order valence-corrected chi connectivity index (χ2v) is 12.4. The van der Waals surface area contributed by atoms with Gasteiger partial charge in [0.05, 0.1) is 46.7 Å². The van der Waals surface area contributed by atoms with Crippen LogP contribution in [0.3, 0.4) is 0 Å². The van der Waals surface area contributed by atoms with Crippen LogP contribution >= 0.6 is 23.2 Å². The van der Waals surface area contributed by atoms with E-state index in [-0.39, 0.29) is 41.9 Å². The Morgan fingerprint density at radius 2 is 1.53 bits per heavy atom. The number of carbonyl (C=O) groups excluding carboxylic acids is 2. The summed E-state index contributed by atoms with van der Waals surface area (Å²) in [5, 5.41) is 14.0. The summed E-state index contributed by atoms with van der Waals surface area (Å²) in [6.45, 7) is 1.84. The van der Waals surface area contributed by atoms with Crippen LogP contribution in [0.1, 0.15) is 36.8 Å². The normalized spacial score (nSPS) is 17.6. The molecule has 0 radical (unpaired) electrons. The molecule has 0 bridgehead atoms. The average molecular weight is 682 g/mol. The lowest BCUT2D eigenvalue weighted by atomic mass is 10.0. The monoisotopic (exact) mass is 680 g/mol. The molecule has 2 atom stereocenters. The minimum absolute atomic E-state index is 0.0159. The standard InChI is InChI=1S/C34H35Cl2FN6O4/c1-46-33-18(14-38-15-19-6-10-29(44)40-19)12-25(35)32-23(33)8-9-27(42-32)21-4-3-5-22(31(21)36)28-13-26(37)24(34(43-28)47-2)17-39-16-20-7-11-30(45)41-20/h3-5,8-9,12-13,19-20,38-39H,6-7,10-11,14-17H2,1-2H3,(H,40,44)(H,41,45)/t19-,20-/m0/s1. The Kier molecular flexibility index (Phi) is 10.1. The van der Waals surface area contributed by atoms with Crippen LogP contribution in [0, 0.1) is 5.82 Å². The van der Waals surface area contributed by atoms with E-state index in [9.17, 15) is 9.59 Å². The topological polar surface area (TPSA) is 126 Å². The number of pyridine rings is 2. The first-order chi connectivity index (χ1) is 22.7. The number of fused-ring (bicyclic) bond motifs is 1. The van der Waals surface area contributed by atoms with Crippen LogP contribution in [0.4, 0.5) is 4.39 Å². The van der Waals surface area contributed by atoms with Gasteiger partial charge in [0.1, 0.15) is 11.6 Å². The van der Waals surface area contributed by atoms with Crippen molar-refractivity contribution in [3.05, 3.63) is 69.5 Å². The van der Waals surface area contributed by atoms with Crippen molar-refractivity contribution in [1.29, 1.82) is 0 Å². The van der Waals surface area contributed by atoms with Gasteiger partial charge in [0.15, 0.2) is 0 Å². The Morgan fingerprint density at radius 1 is 0.872 bits per heavy atom. The third kappa shape index (κ3) is 7.13. The SMILES string of the molecule is COc1nc(-c2cccc(-c3ccc4c(OC)c(CNC[C@@H]5CCC(=O)N5)cc(Cl)c4n3)c2Cl)cc(F)c1CNC[C@@H]1CCC(=O)N1. The van der Waals surface area contributed by atoms with Gasteiger partial charge in [-0.05, 0) is 31.0 Å². The first-order valence-electron chi connectivity index (χ1n) is 15.4. The fourth-order valence-electron chi connectivity index (χ4n) is 6.13. The molecule has 2 amide bonds. The van der Waals surface area contributed by atoms with Crippen LogP contribution in [-0.2, 0) is 22.7 Å². The van der Waals surface area contributed by atoms with E-state index in [0.29, 0.717) is 76.3 Å². The summed E-state index contributed by atoms with van der Waals surface area (Å²) in [6, 6.07) is 12.4. The molecule has 2 aromatic heterocycles. The largest absolute Gasteiger partial charge is 0.496 e. The smallest absolute Gasteiger partial charge is 0.221 e. The Morgan fingerprint density at radius 3 is 2.15 bits per heavy atom. The molecule has 0 saturated carbocycles. The summed E-state index contributed by atoms with van der Waals surface area (Å²) < 4.78 is 26.7. The molecule has 4 heterocycles. The first kappa shape index (κ1) is 32.9. The van der Waals surface area contributed by atoms with Crippen LogP contribution in [0.25, 0.3) is 33.4 Å². The summed E-state index contributed by atoms with van der Waals surface area (Å²) in [5.41, 5.74) is 3.73. The van der Waals surface area contributed by atoms with Crippen molar-refractivity contribution in [2.75, 3.05) is 27.3 Å². The fraction of sp³-hybridized carbons (Fsp3) is 0.353.